The molecule has 3 aromatic rings. The van der Waals surface area contributed by atoms with E-state index in [4.69, 9.17) is 16.3 Å². The highest BCUT2D eigenvalue weighted by atomic mass is 35.5. The largest absolute Gasteiger partial charge is 0.492 e. The minimum Gasteiger partial charge on any atom is -0.492 e. The second-order valence-electron chi connectivity index (χ2n) is 4.56. The number of nitrogens with zero attached hydrogens (tertiary/aromatic N) is 2. The van der Waals surface area contributed by atoms with E-state index in [-0.39, 0.29) is 0 Å². The molecule has 0 saturated carbocycles. The predicted molar refractivity (Wildman–Crippen MR) is 81.3 cm³/mol. The normalized spacial score (nSPS) is 10.8. The van der Waals surface area contributed by atoms with Crippen molar-refractivity contribution in [2.75, 3.05) is 6.61 Å². The molecule has 2 aromatic carbocycles. The van der Waals surface area contributed by atoms with Gasteiger partial charge in [-0.2, -0.15) is 0 Å². The third-order valence-electron chi connectivity index (χ3n) is 3.16. The number of benzene rings is 2. The first-order chi connectivity index (χ1) is 9.84. The second kappa shape index (κ2) is 5.97. The van der Waals surface area contributed by atoms with Crippen molar-refractivity contribution < 1.29 is 4.74 Å². The molecule has 0 bridgehead atoms. The maximum absolute atomic E-state index is 6.04. The van der Waals surface area contributed by atoms with Gasteiger partial charge in [0.25, 0.3) is 0 Å². The second-order valence-corrected chi connectivity index (χ2v) is 4.97. The van der Waals surface area contributed by atoms with E-state index < -0.39 is 0 Å². The third kappa shape index (κ3) is 2.78. The molecule has 1 aromatic heterocycles. The highest BCUT2D eigenvalue weighted by Crippen LogP contribution is 2.23. The van der Waals surface area contributed by atoms with E-state index >= 15 is 0 Å². The number of aryl methyl sites for hydroxylation is 1. The Labute approximate surface area is 122 Å². The van der Waals surface area contributed by atoms with E-state index in [1.165, 1.54) is 0 Å². The number of hydrogen-bond donors (Lipinski definition) is 0. The number of imidazole rings is 1. The topological polar surface area (TPSA) is 27.1 Å². The molecule has 0 unspecified atom stereocenters. The van der Waals surface area contributed by atoms with Gasteiger partial charge in [0.2, 0.25) is 0 Å². The van der Waals surface area contributed by atoms with Crippen molar-refractivity contribution in [3.63, 3.8) is 0 Å². The minimum absolute atomic E-state index is 0.635. The van der Waals surface area contributed by atoms with Crippen LogP contribution in [0, 0.1) is 0 Å². The summed E-state index contributed by atoms with van der Waals surface area (Å²) in [5, 5.41) is 0.653. The summed E-state index contributed by atoms with van der Waals surface area (Å²) < 4.78 is 7.83. The van der Waals surface area contributed by atoms with Crippen LogP contribution in [0.15, 0.2) is 54.9 Å². The molecule has 0 aliphatic rings. The first-order valence-electron chi connectivity index (χ1n) is 6.62. The van der Waals surface area contributed by atoms with Gasteiger partial charge in [0.1, 0.15) is 5.75 Å². The van der Waals surface area contributed by atoms with Gasteiger partial charge in [0.15, 0.2) is 0 Å². The molecule has 0 radical (unpaired) electrons. The van der Waals surface area contributed by atoms with Gasteiger partial charge in [-0.3, -0.25) is 0 Å². The lowest BCUT2D eigenvalue weighted by Crippen LogP contribution is -2.03. The molecule has 0 N–H and O–H groups in total. The zero-order valence-electron chi connectivity index (χ0n) is 11.0. The lowest BCUT2D eigenvalue weighted by molar-refractivity contribution is 0.302. The van der Waals surface area contributed by atoms with Crippen LogP contribution in [0.1, 0.15) is 6.42 Å². The summed E-state index contributed by atoms with van der Waals surface area (Å²) in [7, 11) is 0. The zero-order valence-corrected chi connectivity index (χ0v) is 11.8. The molecule has 0 amide bonds. The fourth-order valence-corrected chi connectivity index (χ4v) is 2.36. The van der Waals surface area contributed by atoms with Crippen molar-refractivity contribution >= 4 is 22.6 Å². The lowest BCUT2D eigenvalue weighted by Gasteiger charge is -2.08. The van der Waals surface area contributed by atoms with Gasteiger partial charge < -0.3 is 9.30 Å². The standard InChI is InChI=1S/C16H15ClN2O/c17-13-6-1-4-9-16(13)20-11-5-10-19-12-18-14-7-2-3-8-15(14)19/h1-4,6-9,12H,5,10-11H2. The van der Waals surface area contributed by atoms with E-state index in [1.807, 2.05) is 48.8 Å². The fraction of sp³-hybridized carbons (Fsp3) is 0.188. The highest BCUT2D eigenvalue weighted by Gasteiger charge is 2.02. The van der Waals surface area contributed by atoms with E-state index in [0.29, 0.717) is 11.6 Å². The summed E-state index contributed by atoms with van der Waals surface area (Å²) >= 11 is 6.04. The Morgan fingerprint density at radius 1 is 1.05 bits per heavy atom. The van der Waals surface area contributed by atoms with Gasteiger partial charge in [-0.1, -0.05) is 35.9 Å². The molecule has 0 atom stereocenters. The van der Waals surface area contributed by atoms with Crippen molar-refractivity contribution in [2.24, 2.45) is 0 Å². The maximum atomic E-state index is 6.04. The number of halogens is 1. The van der Waals surface area contributed by atoms with Crippen LogP contribution in [0.3, 0.4) is 0 Å². The van der Waals surface area contributed by atoms with Crippen molar-refractivity contribution in [2.45, 2.75) is 13.0 Å². The Bertz CT molecular complexity index is 708. The average Bonchev–Trinajstić information content (AvgIpc) is 2.89. The maximum Gasteiger partial charge on any atom is 0.137 e. The van der Waals surface area contributed by atoms with Crippen LogP contribution in [0.2, 0.25) is 5.02 Å². The molecule has 20 heavy (non-hydrogen) atoms. The number of fused-ring (bicyclic) bond motifs is 1. The quantitative estimate of drug-likeness (QED) is 0.659. The fourth-order valence-electron chi connectivity index (χ4n) is 2.17. The molecule has 3 rings (SSSR count). The van der Waals surface area contributed by atoms with Crippen LogP contribution in [0.4, 0.5) is 0 Å². The van der Waals surface area contributed by atoms with Crippen LogP contribution in [-0.4, -0.2) is 16.2 Å². The van der Waals surface area contributed by atoms with Gasteiger partial charge >= 0.3 is 0 Å². The molecule has 1 heterocycles. The zero-order chi connectivity index (χ0) is 13.8. The summed E-state index contributed by atoms with van der Waals surface area (Å²) in [4.78, 5) is 4.37. The van der Waals surface area contributed by atoms with Gasteiger partial charge in [-0.05, 0) is 30.7 Å². The number of ether oxygens (including phenoxy) is 1. The minimum atomic E-state index is 0.635. The van der Waals surface area contributed by atoms with Crippen LogP contribution < -0.4 is 4.74 Å². The number of hydrogen-bond acceptors (Lipinski definition) is 2. The summed E-state index contributed by atoms with van der Waals surface area (Å²) in [6.07, 6.45) is 2.78. The smallest absolute Gasteiger partial charge is 0.137 e. The molecule has 3 nitrogen and oxygen atoms in total. The monoisotopic (exact) mass is 286 g/mol. The van der Waals surface area contributed by atoms with Gasteiger partial charge in [-0.15, -0.1) is 0 Å². The van der Waals surface area contributed by atoms with E-state index in [1.54, 1.807) is 0 Å². The van der Waals surface area contributed by atoms with Crippen LogP contribution in [0.5, 0.6) is 5.75 Å². The van der Waals surface area contributed by atoms with Crippen LogP contribution in [0.25, 0.3) is 11.0 Å². The average molecular weight is 287 g/mol. The number of aromatic nitrogens is 2. The van der Waals surface area contributed by atoms with Crippen molar-refractivity contribution in [1.82, 2.24) is 9.55 Å². The molecule has 102 valence electrons. The number of para-hydroxylation sites is 3. The molecule has 0 aliphatic carbocycles. The number of rotatable bonds is 5. The van der Waals surface area contributed by atoms with Crippen molar-refractivity contribution in [3.05, 3.63) is 59.9 Å². The Morgan fingerprint density at radius 3 is 2.75 bits per heavy atom. The van der Waals surface area contributed by atoms with Gasteiger partial charge in [0, 0.05) is 6.54 Å². The van der Waals surface area contributed by atoms with Gasteiger partial charge in [-0.25, -0.2) is 4.98 Å². The summed E-state index contributed by atoms with van der Waals surface area (Å²) in [5.41, 5.74) is 2.18. The Balaban J connectivity index is 1.57. The van der Waals surface area contributed by atoms with E-state index in [9.17, 15) is 0 Å². The summed E-state index contributed by atoms with van der Waals surface area (Å²) in [6, 6.07) is 15.7. The molecular weight excluding hydrogens is 272 g/mol. The van der Waals surface area contributed by atoms with E-state index in [2.05, 4.69) is 15.6 Å². The van der Waals surface area contributed by atoms with Gasteiger partial charge in [0.05, 0.1) is 29.0 Å². The molecule has 0 aliphatic heterocycles. The first-order valence-corrected chi connectivity index (χ1v) is 6.99. The van der Waals surface area contributed by atoms with Crippen LogP contribution in [-0.2, 0) is 6.54 Å². The molecule has 0 saturated heterocycles. The SMILES string of the molecule is Clc1ccccc1OCCCn1cnc2ccccc21. The molecule has 4 heteroatoms. The van der Waals surface area contributed by atoms with E-state index in [0.717, 1.165) is 29.7 Å². The molecular formula is C16H15ClN2O. The molecule has 0 fully saturated rings. The first kappa shape index (κ1) is 13.0. The Kier molecular flexibility index (Phi) is 3.88. The Morgan fingerprint density at radius 2 is 1.85 bits per heavy atom. The molecule has 0 spiro atoms. The van der Waals surface area contributed by atoms with Crippen molar-refractivity contribution in [1.29, 1.82) is 0 Å². The lowest BCUT2D eigenvalue weighted by atomic mass is 10.3. The Hall–Kier alpha value is -2.00. The summed E-state index contributed by atoms with van der Waals surface area (Å²) in [6.45, 7) is 1.52. The predicted octanol–water partition coefficient (Wildman–Crippen LogP) is 4.16. The summed E-state index contributed by atoms with van der Waals surface area (Å²) in [5.74, 6) is 0.740. The third-order valence-corrected chi connectivity index (χ3v) is 3.48. The van der Waals surface area contributed by atoms with Crippen LogP contribution >= 0.6 is 11.6 Å². The van der Waals surface area contributed by atoms with Crippen molar-refractivity contribution in [3.8, 4) is 5.75 Å². The highest BCUT2D eigenvalue weighted by molar-refractivity contribution is 6.32.